The van der Waals surface area contributed by atoms with E-state index >= 15 is 0 Å². The number of amides is 1. The van der Waals surface area contributed by atoms with E-state index in [1.165, 1.54) is 18.5 Å². The lowest BCUT2D eigenvalue weighted by Crippen LogP contribution is -2.37. The topological polar surface area (TPSA) is 131 Å². The highest BCUT2D eigenvalue weighted by atomic mass is 19.1. The van der Waals surface area contributed by atoms with E-state index in [-0.39, 0.29) is 22.9 Å². The molecule has 0 aliphatic carbocycles. The molecule has 4 aromatic heterocycles. The fourth-order valence-corrected chi connectivity index (χ4v) is 3.94. The Kier molecular flexibility index (Phi) is 4.54. The number of aryl methyl sites for hydroxylation is 1. The van der Waals surface area contributed by atoms with Crippen molar-refractivity contribution >= 4 is 17.4 Å². The molecular formula is C21H19FN8O2. The molecule has 2 N–H and O–H groups in total. The van der Waals surface area contributed by atoms with Crippen LogP contribution in [0.5, 0.6) is 0 Å². The zero-order valence-electron chi connectivity index (χ0n) is 17.4. The fourth-order valence-electron chi connectivity index (χ4n) is 3.94. The third-order valence-corrected chi connectivity index (χ3v) is 5.69. The van der Waals surface area contributed by atoms with Crippen LogP contribution >= 0.6 is 0 Å². The van der Waals surface area contributed by atoms with E-state index in [2.05, 4.69) is 42.3 Å². The van der Waals surface area contributed by atoms with Gasteiger partial charge in [0.2, 0.25) is 5.91 Å². The first-order valence-electron chi connectivity index (χ1n) is 10.2. The van der Waals surface area contributed by atoms with E-state index in [1.54, 1.807) is 17.6 Å². The van der Waals surface area contributed by atoms with Crippen LogP contribution in [0.3, 0.4) is 0 Å². The molecule has 1 aliphatic heterocycles. The summed E-state index contributed by atoms with van der Waals surface area (Å²) in [5.41, 5.74) is 0.159. The number of anilines is 1. The van der Waals surface area contributed by atoms with E-state index < -0.39 is 22.7 Å². The standard InChI is InChI=1S/C21H19FN8O2/c1-3-4-5-12-18-24-10-25-30(18)9-13(26-12)16-27-17-15(19(31)28-16)21(2,20(32)29-17)14-7-6-11(22)8-23-14/h6-10H,3-5H2,1-2H3,(H2,27,28,29,31,32). The lowest BCUT2D eigenvalue weighted by Gasteiger charge is -2.20. The second kappa shape index (κ2) is 7.29. The zero-order chi connectivity index (χ0) is 22.5. The van der Waals surface area contributed by atoms with E-state index in [0.29, 0.717) is 17.8 Å². The van der Waals surface area contributed by atoms with Crippen molar-refractivity contribution in [3.63, 3.8) is 0 Å². The number of unbranched alkanes of at least 4 members (excludes halogenated alkanes) is 1. The smallest absolute Gasteiger partial charge is 0.280 e. The van der Waals surface area contributed by atoms with Gasteiger partial charge in [-0.1, -0.05) is 13.3 Å². The van der Waals surface area contributed by atoms with Crippen LogP contribution in [0.25, 0.3) is 17.2 Å². The number of nitrogens with zero attached hydrogens (tertiary/aromatic N) is 6. The number of hydrogen-bond donors (Lipinski definition) is 2. The second-order valence-electron chi connectivity index (χ2n) is 7.79. The summed E-state index contributed by atoms with van der Waals surface area (Å²) in [6.45, 7) is 3.65. The molecule has 1 unspecified atom stereocenters. The van der Waals surface area contributed by atoms with Gasteiger partial charge in [0.15, 0.2) is 11.5 Å². The molecule has 0 saturated carbocycles. The number of halogens is 1. The summed E-state index contributed by atoms with van der Waals surface area (Å²) in [6, 6.07) is 2.58. The van der Waals surface area contributed by atoms with Gasteiger partial charge >= 0.3 is 0 Å². The van der Waals surface area contributed by atoms with Crippen LogP contribution < -0.4 is 10.9 Å². The summed E-state index contributed by atoms with van der Waals surface area (Å²) in [5, 5.41) is 6.89. The predicted molar refractivity (Wildman–Crippen MR) is 113 cm³/mol. The van der Waals surface area contributed by atoms with Crippen molar-refractivity contribution in [3.05, 3.63) is 64.0 Å². The Bertz CT molecular complexity index is 1410. The highest BCUT2D eigenvalue weighted by molar-refractivity contribution is 6.07. The number of hydrogen-bond acceptors (Lipinski definition) is 7. The van der Waals surface area contributed by atoms with Gasteiger partial charge in [-0.2, -0.15) is 10.1 Å². The van der Waals surface area contributed by atoms with Crippen molar-refractivity contribution < 1.29 is 9.18 Å². The Morgan fingerprint density at radius 1 is 1.19 bits per heavy atom. The van der Waals surface area contributed by atoms with Crippen molar-refractivity contribution in [2.24, 2.45) is 0 Å². The third kappa shape index (κ3) is 2.96. The third-order valence-electron chi connectivity index (χ3n) is 5.69. The molecule has 0 saturated heterocycles. The van der Waals surface area contributed by atoms with E-state index in [4.69, 9.17) is 0 Å². The first-order valence-corrected chi connectivity index (χ1v) is 10.2. The predicted octanol–water partition coefficient (Wildman–Crippen LogP) is 2.01. The molecule has 11 heteroatoms. The Morgan fingerprint density at radius 2 is 2.03 bits per heavy atom. The number of carbonyl (C=O) groups excluding carboxylic acids is 1. The molecule has 10 nitrogen and oxygen atoms in total. The van der Waals surface area contributed by atoms with Gasteiger partial charge in [-0.05, 0) is 31.9 Å². The highest BCUT2D eigenvalue weighted by Crippen LogP contribution is 2.39. The minimum atomic E-state index is -1.41. The maximum Gasteiger partial charge on any atom is 0.280 e. The van der Waals surface area contributed by atoms with Gasteiger partial charge in [0.05, 0.1) is 29.3 Å². The monoisotopic (exact) mass is 434 g/mol. The van der Waals surface area contributed by atoms with E-state index in [0.717, 1.165) is 24.7 Å². The molecule has 0 radical (unpaired) electrons. The minimum Gasteiger partial charge on any atom is -0.324 e. The Hall–Kier alpha value is -4.02. The van der Waals surface area contributed by atoms with E-state index in [1.807, 2.05) is 0 Å². The van der Waals surface area contributed by atoms with Crippen LogP contribution in [0.1, 0.15) is 43.6 Å². The zero-order valence-corrected chi connectivity index (χ0v) is 17.4. The summed E-state index contributed by atoms with van der Waals surface area (Å²) < 4.78 is 14.9. The van der Waals surface area contributed by atoms with Crippen LogP contribution in [0, 0.1) is 5.82 Å². The van der Waals surface area contributed by atoms with Gasteiger partial charge in [-0.15, -0.1) is 0 Å². The second-order valence-corrected chi connectivity index (χ2v) is 7.79. The van der Waals surface area contributed by atoms with Crippen molar-refractivity contribution in [1.29, 1.82) is 0 Å². The fraction of sp³-hybridized carbons (Fsp3) is 0.286. The molecule has 1 amide bonds. The van der Waals surface area contributed by atoms with Gasteiger partial charge in [-0.25, -0.2) is 18.9 Å². The number of rotatable bonds is 5. The molecule has 162 valence electrons. The van der Waals surface area contributed by atoms with Crippen LogP contribution in [0.15, 0.2) is 35.6 Å². The number of nitrogens with one attached hydrogen (secondary N) is 2. The molecule has 32 heavy (non-hydrogen) atoms. The van der Waals surface area contributed by atoms with E-state index in [9.17, 15) is 14.0 Å². The quantitative estimate of drug-likeness (QED) is 0.491. The average Bonchev–Trinajstić information content (AvgIpc) is 3.35. The lowest BCUT2D eigenvalue weighted by atomic mass is 9.81. The summed E-state index contributed by atoms with van der Waals surface area (Å²) in [7, 11) is 0. The maximum absolute atomic E-state index is 13.3. The largest absolute Gasteiger partial charge is 0.324 e. The summed E-state index contributed by atoms with van der Waals surface area (Å²) in [4.78, 5) is 46.1. The molecule has 0 aromatic carbocycles. The summed E-state index contributed by atoms with van der Waals surface area (Å²) >= 11 is 0. The number of aromatic amines is 1. The number of pyridine rings is 1. The highest BCUT2D eigenvalue weighted by Gasteiger charge is 2.48. The molecule has 5 rings (SSSR count). The van der Waals surface area contributed by atoms with Gasteiger partial charge in [-0.3, -0.25) is 14.6 Å². The molecule has 1 atom stereocenters. The van der Waals surface area contributed by atoms with Gasteiger partial charge < -0.3 is 10.3 Å². The van der Waals surface area contributed by atoms with Crippen LogP contribution in [-0.2, 0) is 16.6 Å². The summed E-state index contributed by atoms with van der Waals surface area (Å²) in [6.07, 6.45) is 6.69. The SMILES string of the molecule is CCCCc1nc(-c2nc(=O)c3c([nH]2)NC(=O)C3(C)c2ccc(F)cn2)cn2ncnc12. The minimum absolute atomic E-state index is 0.124. The Morgan fingerprint density at radius 3 is 2.78 bits per heavy atom. The number of aromatic nitrogens is 7. The van der Waals surface area contributed by atoms with Crippen molar-refractivity contribution in [2.45, 2.75) is 38.5 Å². The first kappa shape index (κ1) is 19.9. The molecule has 4 aromatic rings. The van der Waals surface area contributed by atoms with Crippen molar-refractivity contribution in [2.75, 3.05) is 5.32 Å². The molecule has 5 heterocycles. The summed E-state index contributed by atoms with van der Waals surface area (Å²) in [5.74, 6) is -0.580. The van der Waals surface area contributed by atoms with Crippen molar-refractivity contribution in [1.82, 2.24) is 34.5 Å². The molecule has 0 spiro atoms. The number of H-pyrrole nitrogens is 1. The average molecular weight is 434 g/mol. The van der Waals surface area contributed by atoms with Crippen LogP contribution in [0.4, 0.5) is 10.2 Å². The molecular weight excluding hydrogens is 415 g/mol. The molecule has 0 bridgehead atoms. The number of carbonyl (C=O) groups is 1. The molecule has 0 fully saturated rings. The maximum atomic E-state index is 13.3. The van der Waals surface area contributed by atoms with Gasteiger partial charge in [0.25, 0.3) is 5.56 Å². The molecule has 1 aliphatic rings. The van der Waals surface area contributed by atoms with Crippen LogP contribution in [0.2, 0.25) is 0 Å². The normalized spacial score (nSPS) is 17.5. The first-order chi connectivity index (χ1) is 15.4. The van der Waals surface area contributed by atoms with Crippen LogP contribution in [-0.4, -0.2) is 40.4 Å². The van der Waals surface area contributed by atoms with Gasteiger partial charge in [0, 0.05) is 0 Å². The number of fused-ring (bicyclic) bond motifs is 2. The van der Waals surface area contributed by atoms with Gasteiger partial charge in [0.1, 0.15) is 29.1 Å². The lowest BCUT2D eigenvalue weighted by molar-refractivity contribution is -0.119. The Labute approximate surface area is 181 Å². The Balaban J connectivity index is 1.64. The van der Waals surface area contributed by atoms with Crippen molar-refractivity contribution in [3.8, 4) is 11.5 Å².